The Balaban J connectivity index is 2.37. The molecular weight excluding hydrogens is 282 g/mol. The summed E-state index contributed by atoms with van der Waals surface area (Å²) in [4.78, 5) is 8.80. The molecule has 0 aliphatic carbocycles. The molecule has 2 rings (SSSR count). The molecule has 0 saturated heterocycles. The van der Waals surface area contributed by atoms with E-state index in [9.17, 15) is 0 Å². The zero-order valence-electron chi connectivity index (χ0n) is 9.78. The SMILES string of the molecule is CCc1cnc2c(NCCCN)nc(Br)cn12. The molecule has 92 valence electrons. The average Bonchev–Trinajstić information content (AvgIpc) is 2.72. The maximum atomic E-state index is 5.47. The number of nitrogens with one attached hydrogen (secondary N) is 1. The average molecular weight is 298 g/mol. The first-order chi connectivity index (χ1) is 8.26. The number of hydrogen-bond acceptors (Lipinski definition) is 4. The van der Waals surface area contributed by atoms with Crippen molar-refractivity contribution in [2.45, 2.75) is 19.8 Å². The van der Waals surface area contributed by atoms with Crippen LogP contribution in [0.2, 0.25) is 0 Å². The Hall–Kier alpha value is -1.14. The van der Waals surface area contributed by atoms with Crippen LogP contribution in [-0.2, 0) is 6.42 Å². The summed E-state index contributed by atoms with van der Waals surface area (Å²) in [5.41, 5.74) is 7.50. The zero-order valence-corrected chi connectivity index (χ0v) is 11.4. The number of halogens is 1. The Kier molecular flexibility index (Phi) is 3.96. The van der Waals surface area contributed by atoms with Crippen LogP contribution < -0.4 is 11.1 Å². The van der Waals surface area contributed by atoms with Crippen LogP contribution in [0, 0.1) is 0 Å². The first kappa shape index (κ1) is 12.3. The largest absolute Gasteiger partial charge is 0.367 e. The van der Waals surface area contributed by atoms with Gasteiger partial charge < -0.3 is 11.1 Å². The summed E-state index contributed by atoms with van der Waals surface area (Å²) in [5.74, 6) is 0.799. The van der Waals surface area contributed by atoms with Crippen LogP contribution in [0.4, 0.5) is 5.82 Å². The number of rotatable bonds is 5. The summed E-state index contributed by atoms with van der Waals surface area (Å²) in [5, 5.41) is 3.26. The fraction of sp³-hybridized carbons (Fsp3) is 0.455. The maximum absolute atomic E-state index is 5.47. The van der Waals surface area contributed by atoms with Crippen molar-refractivity contribution >= 4 is 27.4 Å². The minimum atomic E-state index is 0.673. The van der Waals surface area contributed by atoms with E-state index in [1.807, 2.05) is 12.4 Å². The number of aromatic nitrogens is 3. The van der Waals surface area contributed by atoms with Gasteiger partial charge in [0.2, 0.25) is 0 Å². The van der Waals surface area contributed by atoms with Crippen LogP contribution in [0.5, 0.6) is 0 Å². The zero-order chi connectivity index (χ0) is 12.3. The van der Waals surface area contributed by atoms with E-state index in [1.54, 1.807) is 0 Å². The number of aryl methyl sites for hydroxylation is 1. The third kappa shape index (κ3) is 2.58. The lowest BCUT2D eigenvalue weighted by Gasteiger charge is -2.07. The molecule has 2 heterocycles. The molecule has 3 N–H and O–H groups in total. The van der Waals surface area contributed by atoms with Gasteiger partial charge in [-0.25, -0.2) is 9.97 Å². The minimum absolute atomic E-state index is 0.673. The van der Waals surface area contributed by atoms with E-state index in [4.69, 9.17) is 5.73 Å². The first-order valence-electron chi connectivity index (χ1n) is 5.72. The van der Waals surface area contributed by atoms with Crippen LogP contribution in [0.15, 0.2) is 17.0 Å². The summed E-state index contributed by atoms with van der Waals surface area (Å²) in [6.45, 7) is 3.59. The van der Waals surface area contributed by atoms with Gasteiger partial charge in [0.15, 0.2) is 11.5 Å². The lowest BCUT2D eigenvalue weighted by atomic mass is 10.4. The molecular formula is C11H16BrN5. The van der Waals surface area contributed by atoms with Gasteiger partial charge in [-0.3, -0.25) is 4.40 Å². The molecule has 0 saturated carbocycles. The van der Waals surface area contributed by atoms with Crippen LogP contribution in [0.1, 0.15) is 19.0 Å². The quantitative estimate of drug-likeness (QED) is 0.826. The number of nitrogens with two attached hydrogens (primary N) is 1. The standard InChI is InChI=1S/C11H16BrN5/c1-2-8-6-15-11-10(14-5-3-4-13)16-9(12)7-17(8)11/h6-7H,2-5,13H2,1H3,(H,14,16). The van der Waals surface area contributed by atoms with Gasteiger partial charge in [0.1, 0.15) is 4.60 Å². The molecule has 0 spiro atoms. The fourth-order valence-corrected chi connectivity index (χ4v) is 2.08. The van der Waals surface area contributed by atoms with Gasteiger partial charge in [-0.1, -0.05) is 6.92 Å². The highest BCUT2D eigenvalue weighted by Crippen LogP contribution is 2.19. The van der Waals surface area contributed by atoms with Crippen molar-refractivity contribution in [2.75, 3.05) is 18.4 Å². The number of imidazole rings is 1. The van der Waals surface area contributed by atoms with E-state index >= 15 is 0 Å². The Morgan fingerprint density at radius 1 is 1.53 bits per heavy atom. The van der Waals surface area contributed by atoms with Gasteiger partial charge in [-0.15, -0.1) is 0 Å². The highest BCUT2D eigenvalue weighted by Gasteiger charge is 2.09. The molecule has 0 amide bonds. The van der Waals surface area contributed by atoms with E-state index in [0.29, 0.717) is 6.54 Å². The molecule has 2 aromatic heterocycles. The molecule has 6 heteroatoms. The third-order valence-electron chi connectivity index (χ3n) is 2.58. The van der Waals surface area contributed by atoms with Crippen molar-refractivity contribution in [3.8, 4) is 0 Å². The second-order valence-electron chi connectivity index (χ2n) is 3.78. The van der Waals surface area contributed by atoms with Gasteiger partial charge in [0.05, 0.1) is 0 Å². The molecule has 0 aliphatic rings. The molecule has 0 aliphatic heterocycles. The molecule has 0 radical (unpaired) electrons. The molecule has 5 nitrogen and oxygen atoms in total. The van der Waals surface area contributed by atoms with Crippen molar-refractivity contribution in [2.24, 2.45) is 5.73 Å². The number of nitrogens with zero attached hydrogens (tertiary/aromatic N) is 3. The molecule has 0 fully saturated rings. The molecule has 0 bridgehead atoms. The lowest BCUT2D eigenvalue weighted by molar-refractivity contribution is 0.867. The first-order valence-corrected chi connectivity index (χ1v) is 6.52. The van der Waals surface area contributed by atoms with Crippen molar-refractivity contribution in [1.29, 1.82) is 0 Å². The van der Waals surface area contributed by atoms with Crippen molar-refractivity contribution < 1.29 is 0 Å². The molecule has 0 aromatic carbocycles. The lowest BCUT2D eigenvalue weighted by Crippen LogP contribution is -2.10. The normalized spacial score (nSPS) is 11.0. The summed E-state index contributed by atoms with van der Waals surface area (Å²) in [6.07, 6.45) is 5.69. The monoisotopic (exact) mass is 297 g/mol. The van der Waals surface area contributed by atoms with E-state index in [0.717, 1.165) is 35.5 Å². The predicted octanol–water partition coefficient (Wildman–Crippen LogP) is 1.81. The highest BCUT2D eigenvalue weighted by molar-refractivity contribution is 9.10. The van der Waals surface area contributed by atoms with Crippen LogP contribution >= 0.6 is 15.9 Å². The van der Waals surface area contributed by atoms with Gasteiger partial charge in [0, 0.05) is 24.6 Å². The van der Waals surface area contributed by atoms with E-state index in [2.05, 4.69) is 42.5 Å². The number of hydrogen-bond donors (Lipinski definition) is 2. The van der Waals surface area contributed by atoms with Gasteiger partial charge in [-0.2, -0.15) is 0 Å². The Bertz CT molecular complexity index is 508. The summed E-state index contributed by atoms with van der Waals surface area (Å²) >= 11 is 3.42. The van der Waals surface area contributed by atoms with Crippen molar-refractivity contribution in [1.82, 2.24) is 14.4 Å². The van der Waals surface area contributed by atoms with E-state index in [1.165, 1.54) is 5.69 Å². The summed E-state index contributed by atoms with van der Waals surface area (Å²) in [7, 11) is 0. The van der Waals surface area contributed by atoms with Crippen LogP contribution in [-0.4, -0.2) is 27.5 Å². The smallest absolute Gasteiger partial charge is 0.180 e. The van der Waals surface area contributed by atoms with Gasteiger partial charge in [0.25, 0.3) is 0 Å². The Labute approximate surface area is 109 Å². The van der Waals surface area contributed by atoms with Crippen molar-refractivity contribution in [3.05, 3.63) is 22.7 Å². The molecule has 0 unspecified atom stereocenters. The molecule has 17 heavy (non-hydrogen) atoms. The van der Waals surface area contributed by atoms with Crippen molar-refractivity contribution in [3.63, 3.8) is 0 Å². The van der Waals surface area contributed by atoms with E-state index in [-0.39, 0.29) is 0 Å². The summed E-state index contributed by atoms with van der Waals surface area (Å²) < 4.78 is 2.86. The maximum Gasteiger partial charge on any atom is 0.180 e. The highest BCUT2D eigenvalue weighted by atomic mass is 79.9. The molecule has 2 aromatic rings. The topological polar surface area (TPSA) is 68.2 Å². The number of fused-ring (bicyclic) bond motifs is 1. The molecule has 0 atom stereocenters. The predicted molar refractivity (Wildman–Crippen MR) is 72.2 cm³/mol. The number of anilines is 1. The second-order valence-corrected chi connectivity index (χ2v) is 4.59. The van der Waals surface area contributed by atoms with Gasteiger partial charge >= 0.3 is 0 Å². The minimum Gasteiger partial charge on any atom is -0.367 e. The van der Waals surface area contributed by atoms with Crippen LogP contribution in [0.3, 0.4) is 0 Å². The summed E-state index contributed by atoms with van der Waals surface area (Å²) in [6, 6.07) is 0. The van der Waals surface area contributed by atoms with E-state index < -0.39 is 0 Å². The third-order valence-corrected chi connectivity index (χ3v) is 2.96. The fourth-order valence-electron chi connectivity index (χ4n) is 1.70. The van der Waals surface area contributed by atoms with Crippen LogP contribution in [0.25, 0.3) is 5.65 Å². The second kappa shape index (κ2) is 5.46. The Morgan fingerprint density at radius 2 is 2.35 bits per heavy atom. The Morgan fingerprint density at radius 3 is 3.06 bits per heavy atom. The van der Waals surface area contributed by atoms with Gasteiger partial charge in [-0.05, 0) is 35.3 Å².